The standard InChI is InChI=1S/C23H27NO4.C6H3N3O7/c1-14(2)24-12-18(25)13-27-19-9-10-21-20(11-19)16(4)23(28-21)22(26)17-7-5-15(3)6-8-17;10-6-4(8(13)14)1-3(7(11)12)2-5(6)9(15)16/h5-11,14,18,24-25H,12-13H2,1-4H3;1-2,10H. The van der Waals surface area contributed by atoms with Gasteiger partial charge in [-0.1, -0.05) is 43.7 Å². The number of ketones is 1. The highest BCUT2D eigenvalue weighted by atomic mass is 16.6. The molecular formula is C29H30N4O11. The molecule has 44 heavy (non-hydrogen) atoms. The van der Waals surface area contributed by atoms with Crippen LogP contribution in [-0.4, -0.2) is 56.1 Å². The summed E-state index contributed by atoms with van der Waals surface area (Å²) in [7, 11) is 0. The maximum Gasteiger partial charge on any atom is 0.324 e. The van der Waals surface area contributed by atoms with Crippen molar-refractivity contribution in [2.24, 2.45) is 0 Å². The lowest BCUT2D eigenvalue weighted by molar-refractivity contribution is -0.404. The highest BCUT2D eigenvalue weighted by Crippen LogP contribution is 2.39. The van der Waals surface area contributed by atoms with E-state index in [9.17, 15) is 40.2 Å². The summed E-state index contributed by atoms with van der Waals surface area (Å²) in [6, 6.07) is 14.1. The first-order valence-electron chi connectivity index (χ1n) is 13.2. The van der Waals surface area contributed by atoms with Crippen molar-refractivity contribution < 1.29 is 38.9 Å². The zero-order valence-electron chi connectivity index (χ0n) is 24.2. The van der Waals surface area contributed by atoms with E-state index in [0.717, 1.165) is 16.5 Å². The van der Waals surface area contributed by atoms with Crippen LogP contribution in [0.15, 0.2) is 59.0 Å². The Hall–Kier alpha value is -5.41. The minimum atomic E-state index is -1.21. The van der Waals surface area contributed by atoms with Gasteiger partial charge >= 0.3 is 11.4 Å². The number of fused-ring (bicyclic) bond motifs is 1. The lowest BCUT2D eigenvalue weighted by atomic mass is 10.0. The van der Waals surface area contributed by atoms with Crippen molar-refractivity contribution in [2.45, 2.75) is 39.8 Å². The number of nitro groups is 3. The van der Waals surface area contributed by atoms with Crippen LogP contribution >= 0.6 is 0 Å². The van der Waals surface area contributed by atoms with E-state index in [2.05, 4.69) is 5.32 Å². The predicted molar refractivity (Wildman–Crippen MR) is 158 cm³/mol. The second-order valence-electron chi connectivity index (χ2n) is 10.0. The van der Waals surface area contributed by atoms with E-state index in [4.69, 9.17) is 14.3 Å². The molecule has 3 aromatic carbocycles. The Kier molecular flexibility index (Phi) is 10.7. The molecule has 232 valence electrons. The number of nitro benzene ring substituents is 3. The Labute approximate surface area is 250 Å². The van der Waals surface area contributed by atoms with Crippen LogP contribution in [0.5, 0.6) is 11.5 Å². The minimum Gasteiger partial charge on any atom is -0.497 e. The van der Waals surface area contributed by atoms with Crippen LogP contribution in [0.1, 0.15) is 41.1 Å². The van der Waals surface area contributed by atoms with Gasteiger partial charge in [-0.15, -0.1) is 0 Å². The third-order valence-electron chi connectivity index (χ3n) is 6.29. The number of aliphatic hydroxyl groups excluding tert-OH is 1. The number of benzene rings is 3. The van der Waals surface area contributed by atoms with Crippen LogP contribution in [0.25, 0.3) is 11.0 Å². The molecule has 1 aromatic heterocycles. The molecule has 0 radical (unpaired) electrons. The number of phenolic OH excluding ortho intramolecular Hbond substituents is 1. The summed E-state index contributed by atoms with van der Waals surface area (Å²) in [5, 5.41) is 54.2. The van der Waals surface area contributed by atoms with Gasteiger partial charge in [0.15, 0.2) is 5.76 Å². The van der Waals surface area contributed by atoms with Gasteiger partial charge in [0.25, 0.3) is 11.4 Å². The molecule has 0 fully saturated rings. The smallest absolute Gasteiger partial charge is 0.324 e. The number of non-ortho nitro benzene ring substituents is 1. The van der Waals surface area contributed by atoms with Crippen molar-refractivity contribution in [1.29, 1.82) is 0 Å². The van der Waals surface area contributed by atoms with E-state index < -0.39 is 43.7 Å². The van der Waals surface area contributed by atoms with Gasteiger partial charge in [-0.05, 0) is 32.0 Å². The molecule has 1 unspecified atom stereocenters. The number of rotatable bonds is 11. The number of aryl methyl sites for hydroxylation is 2. The van der Waals surface area contributed by atoms with Crippen molar-refractivity contribution in [3.05, 3.63) is 107 Å². The molecule has 4 aromatic rings. The van der Waals surface area contributed by atoms with E-state index in [0.29, 0.717) is 47.4 Å². The summed E-state index contributed by atoms with van der Waals surface area (Å²) in [5.74, 6) is -0.363. The summed E-state index contributed by atoms with van der Waals surface area (Å²) < 4.78 is 11.5. The molecule has 0 aliphatic heterocycles. The number of hydrogen-bond donors (Lipinski definition) is 3. The van der Waals surface area contributed by atoms with Gasteiger partial charge in [0.05, 0.1) is 26.9 Å². The van der Waals surface area contributed by atoms with Crippen LogP contribution in [0.2, 0.25) is 0 Å². The number of carbonyl (C=O) groups excluding carboxylic acids is 1. The maximum absolute atomic E-state index is 12.8. The molecule has 3 N–H and O–H groups in total. The SMILES string of the molecule is Cc1ccc(C(=O)c2oc3ccc(OCC(O)CNC(C)C)cc3c2C)cc1.O=[N+]([O-])c1cc([N+](=O)[O-])c(O)c([N+](=O)[O-])c1. The zero-order chi connectivity index (χ0) is 32.7. The fourth-order valence-corrected chi connectivity index (χ4v) is 3.94. The molecule has 0 aliphatic carbocycles. The lowest BCUT2D eigenvalue weighted by Gasteiger charge is -2.15. The molecule has 1 heterocycles. The molecule has 0 saturated carbocycles. The highest BCUT2D eigenvalue weighted by molar-refractivity contribution is 6.10. The first-order chi connectivity index (χ1) is 20.7. The number of aliphatic hydroxyl groups is 1. The Morgan fingerprint density at radius 1 is 0.932 bits per heavy atom. The van der Waals surface area contributed by atoms with Crippen molar-refractivity contribution >= 4 is 33.8 Å². The quantitative estimate of drug-likeness (QED) is 0.114. The topological polar surface area (TPSA) is 221 Å². The monoisotopic (exact) mass is 610 g/mol. The second-order valence-corrected chi connectivity index (χ2v) is 10.0. The minimum absolute atomic E-state index is 0.133. The number of furan rings is 1. The van der Waals surface area contributed by atoms with Crippen molar-refractivity contribution in [3.8, 4) is 11.5 Å². The first-order valence-corrected chi connectivity index (χ1v) is 13.2. The van der Waals surface area contributed by atoms with Gasteiger partial charge in [-0.2, -0.15) is 0 Å². The van der Waals surface area contributed by atoms with Gasteiger partial charge < -0.3 is 24.7 Å². The first kappa shape index (κ1) is 33.1. The number of nitrogens with zero attached hydrogens (tertiary/aromatic N) is 3. The third-order valence-corrected chi connectivity index (χ3v) is 6.29. The van der Waals surface area contributed by atoms with Crippen LogP contribution in [0.3, 0.4) is 0 Å². The Bertz CT molecular complexity index is 1660. The second kappa shape index (κ2) is 14.2. The lowest BCUT2D eigenvalue weighted by Crippen LogP contribution is -2.35. The van der Waals surface area contributed by atoms with Crippen molar-refractivity contribution in [1.82, 2.24) is 5.32 Å². The van der Waals surface area contributed by atoms with Crippen molar-refractivity contribution in [3.63, 3.8) is 0 Å². The van der Waals surface area contributed by atoms with Gasteiger partial charge in [0.2, 0.25) is 5.78 Å². The summed E-state index contributed by atoms with van der Waals surface area (Å²) in [6.45, 7) is 8.57. The van der Waals surface area contributed by atoms with Crippen LogP contribution in [0, 0.1) is 44.2 Å². The average molecular weight is 611 g/mol. The molecular weight excluding hydrogens is 580 g/mol. The molecule has 15 heteroatoms. The third kappa shape index (κ3) is 8.11. The predicted octanol–water partition coefficient (Wildman–Crippen LogP) is 5.14. The van der Waals surface area contributed by atoms with E-state index in [1.165, 1.54) is 0 Å². The van der Waals surface area contributed by atoms with E-state index in [1.807, 2.05) is 58.0 Å². The molecule has 0 aliphatic rings. The number of carbonyl (C=O) groups is 1. The molecule has 1 atom stereocenters. The largest absolute Gasteiger partial charge is 0.497 e. The van der Waals surface area contributed by atoms with E-state index >= 15 is 0 Å². The molecule has 0 bridgehead atoms. The van der Waals surface area contributed by atoms with Crippen LogP contribution < -0.4 is 10.1 Å². The van der Waals surface area contributed by atoms with Gasteiger partial charge in [-0.3, -0.25) is 35.1 Å². The number of aromatic hydroxyl groups is 1. The number of phenols is 1. The van der Waals surface area contributed by atoms with E-state index in [1.54, 1.807) is 12.1 Å². The molecule has 15 nitrogen and oxygen atoms in total. The number of nitrogens with one attached hydrogen (secondary N) is 1. The highest BCUT2D eigenvalue weighted by Gasteiger charge is 2.30. The Morgan fingerprint density at radius 2 is 1.52 bits per heavy atom. The molecule has 0 saturated heterocycles. The fraction of sp³-hybridized carbons (Fsp3) is 0.276. The van der Waals surface area contributed by atoms with Gasteiger partial charge in [0.1, 0.15) is 24.0 Å². The summed E-state index contributed by atoms with van der Waals surface area (Å²) in [5.41, 5.74) is 0.129. The average Bonchev–Trinajstić information content (AvgIpc) is 3.30. The summed E-state index contributed by atoms with van der Waals surface area (Å²) in [6.07, 6.45) is -0.595. The summed E-state index contributed by atoms with van der Waals surface area (Å²) >= 11 is 0. The van der Waals surface area contributed by atoms with E-state index in [-0.39, 0.29) is 12.4 Å². The number of hydrogen-bond acceptors (Lipinski definition) is 12. The molecule has 0 amide bonds. The van der Waals surface area contributed by atoms with Crippen LogP contribution in [-0.2, 0) is 0 Å². The summed E-state index contributed by atoms with van der Waals surface area (Å²) in [4.78, 5) is 40.6. The molecule has 4 rings (SSSR count). The number of ether oxygens (including phenoxy) is 1. The van der Waals surface area contributed by atoms with Gasteiger partial charge in [-0.25, -0.2) is 0 Å². The van der Waals surface area contributed by atoms with Crippen LogP contribution in [0.4, 0.5) is 17.1 Å². The zero-order valence-corrected chi connectivity index (χ0v) is 24.2. The normalized spacial score (nSPS) is 11.5. The van der Waals surface area contributed by atoms with Gasteiger partial charge in [0, 0.05) is 29.1 Å². The molecule has 0 spiro atoms. The maximum atomic E-state index is 12.8. The fourth-order valence-electron chi connectivity index (χ4n) is 3.94. The van der Waals surface area contributed by atoms with Crippen molar-refractivity contribution in [2.75, 3.05) is 13.2 Å². The Balaban J connectivity index is 0.000000281. The Morgan fingerprint density at radius 3 is 2.05 bits per heavy atom.